The second kappa shape index (κ2) is 6.55. The molecule has 2 rings (SSSR count). The van der Waals surface area contributed by atoms with Crippen LogP contribution in [0.1, 0.15) is 38.8 Å². The first-order valence-corrected chi connectivity index (χ1v) is 8.42. The Hall–Kier alpha value is -1.12. The van der Waals surface area contributed by atoms with Gasteiger partial charge in [0.15, 0.2) is 0 Å². The van der Waals surface area contributed by atoms with Crippen molar-refractivity contribution in [2.75, 3.05) is 11.8 Å². The van der Waals surface area contributed by atoms with Crippen molar-refractivity contribution in [1.29, 1.82) is 0 Å². The molecule has 0 fully saturated rings. The van der Waals surface area contributed by atoms with Crippen molar-refractivity contribution >= 4 is 23.2 Å². The second-order valence-corrected chi connectivity index (χ2v) is 7.43. The fraction of sp³-hybridized carbons (Fsp3) is 0.444. The van der Waals surface area contributed by atoms with E-state index in [2.05, 4.69) is 49.8 Å². The Morgan fingerprint density at radius 3 is 1.45 bits per heavy atom. The van der Waals surface area contributed by atoms with Crippen LogP contribution in [0.25, 0.3) is 11.4 Å². The van der Waals surface area contributed by atoms with E-state index >= 15 is 0 Å². The van der Waals surface area contributed by atoms with E-state index in [-0.39, 0.29) is 10.8 Å². The maximum absolute atomic E-state index is 6.08. The molecule has 118 valence electrons. The number of aromatic nitrogens is 2. The lowest BCUT2D eigenvalue weighted by Gasteiger charge is -2.23. The van der Waals surface area contributed by atoms with Crippen LogP contribution in [0.2, 0.25) is 0 Å². The van der Waals surface area contributed by atoms with Gasteiger partial charge in [0, 0.05) is 35.0 Å². The van der Waals surface area contributed by atoms with Crippen molar-refractivity contribution < 1.29 is 0 Å². The van der Waals surface area contributed by atoms with E-state index in [1.54, 1.807) is 0 Å². The van der Waals surface area contributed by atoms with Gasteiger partial charge >= 0.3 is 0 Å². The summed E-state index contributed by atoms with van der Waals surface area (Å²) in [5.74, 6) is 1.12. The predicted molar refractivity (Wildman–Crippen MR) is 95.0 cm³/mol. The lowest BCUT2D eigenvalue weighted by molar-refractivity contribution is 0.596. The summed E-state index contributed by atoms with van der Waals surface area (Å²) in [4.78, 5) is 8.94. The molecule has 0 saturated heterocycles. The van der Waals surface area contributed by atoms with E-state index < -0.39 is 0 Å². The van der Waals surface area contributed by atoms with Gasteiger partial charge in [0.2, 0.25) is 0 Å². The van der Waals surface area contributed by atoms with Crippen LogP contribution in [0.5, 0.6) is 0 Å². The number of pyridine rings is 2. The summed E-state index contributed by atoms with van der Waals surface area (Å²) in [5.41, 5.74) is 3.87. The highest BCUT2D eigenvalue weighted by molar-refractivity contribution is 6.18. The molecule has 0 amide bonds. The van der Waals surface area contributed by atoms with Gasteiger partial charge in [0.1, 0.15) is 0 Å². The zero-order valence-electron chi connectivity index (χ0n) is 13.5. The maximum Gasteiger partial charge on any atom is 0.0889 e. The average Bonchev–Trinajstić information content (AvgIpc) is 2.55. The zero-order valence-corrected chi connectivity index (χ0v) is 15.0. The third-order valence-corrected chi connectivity index (χ3v) is 5.35. The molecule has 22 heavy (non-hydrogen) atoms. The molecule has 0 saturated carbocycles. The van der Waals surface area contributed by atoms with Crippen LogP contribution in [0.4, 0.5) is 0 Å². The molecule has 0 aliphatic heterocycles. The third-order valence-electron chi connectivity index (χ3n) is 4.01. The molecule has 0 atom stereocenters. The maximum atomic E-state index is 6.08. The molecular formula is C18H22Cl2N2. The first kappa shape index (κ1) is 17.2. The number of rotatable bonds is 5. The van der Waals surface area contributed by atoms with Crippen molar-refractivity contribution in [3.05, 3.63) is 47.8 Å². The highest BCUT2D eigenvalue weighted by atomic mass is 35.5. The smallest absolute Gasteiger partial charge is 0.0889 e. The molecule has 4 heteroatoms. The summed E-state index contributed by atoms with van der Waals surface area (Å²) < 4.78 is 0. The van der Waals surface area contributed by atoms with Crippen molar-refractivity contribution in [2.45, 2.75) is 38.5 Å². The number of hydrogen-bond acceptors (Lipinski definition) is 2. The molecule has 0 unspecified atom stereocenters. The van der Waals surface area contributed by atoms with Crippen LogP contribution in [0.15, 0.2) is 36.7 Å². The van der Waals surface area contributed by atoms with Crippen molar-refractivity contribution in [1.82, 2.24) is 9.97 Å². The average molecular weight is 337 g/mol. The van der Waals surface area contributed by atoms with Gasteiger partial charge in [-0.2, -0.15) is 0 Å². The Kier molecular flexibility index (Phi) is 5.14. The van der Waals surface area contributed by atoms with E-state index in [1.165, 1.54) is 0 Å². The molecule has 0 spiro atoms. The quantitative estimate of drug-likeness (QED) is 0.703. The number of hydrogen-bond donors (Lipinski definition) is 0. The Morgan fingerprint density at radius 2 is 1.14 bits per heavy atom. The van der Waals surface area contributed by atoms with Crippen molar-refractivity contribution in [3.63, 3.8) is 0 Å². The van der Waals surface area contributed by atoms with Gasteiger partial charge in [-0.3, -0.25) is 9.97 Å². The molecule has 2 heterocycles. The summed E-state index contributed by atoms with van der Waals surface area (Å²) in [6, 6.07) is 8.17. The van der Waals surface area contributed by atoms with E-state index in [0.717, 1.165) is 22.5 Å². The number of alkyl halides is 2. The lowest BCUT2D eigenvalue weighted by atomic mass is 9.85. The number of halogens is 2. The molecule has 0 aliphatic carbocycles. The van der Waals surface area contributed by atoms with Crippen molar-refractivity contribution in [3.8, 4) is 11.4 Å². The number of nitrogens with zero attached hydrogens (tertiary/aromatic N) is 2. The second-order valence-electron chi connectivity index (χ2n) is 6.89. The molecule has 0 aliphatic rings. The molecular weight excluding hydrogens is 315 g/mol. The van der Waals surface area contributed by atoms with Gasteiger partial charge in [-0.25, -0.2) is 0 Å². The van der Waals surface area contributed by atoms with E-state index in [1.807, 2.05) is 24.5 Å². The standard InChI is InChI=1S/C18H22Cl2N2/c1-17(2,11-19)13-5-7-21-15(9-13)16-10-14(6-8-22-16)18(3,4)12-20/h5-10H,11-12H2,1-4H3. The Labute approximate surface area is 142 Å². The van der Waals surface area contributed by atoms with Crippen LogP contribution in [0, 0.1) is 0 Å². The molecule has 2 aromatic rings. The van der Waals surface area contributed by atoms with Crippen LogP contribution >= 0.6 is 23.2 Å². The molecule has 0 radical (unpaired) electrons. The normalized spacial score (nSPS) is 12.5. The minimum Gasteiger partial charge on any atom is -0.255 e. The molecule has 2 nitrogen and oxygen atoms in total. The van der Waals surface area contributed by atoms with E-state index in [0.29, 0.717) is 11.8 Å². The van der Waals surface area contributed by atoms with Gasteiger partial charge in [-0.1, -0.05) is 27.7 Å². The van der Waals surface area contributed by atoms with E-state index in [4.69, 9.17) is 23.2 Å². The Bertz CT molecular complexity index is 594. The minimum absolute atomic E-state index is 0.0910. The zero-order chi connectivity index (χ0) is 16.4. The first-order chi connectivity index (χ1) is 10.3. The topological polar surface area (TPSA) is 25.8 Å². The fourth-order valence-electron chi connectivity index (χ4n) is 2.14. The highest BCUT2D eigenvalue weighted by Crippen LogP contribution is 2.29. The van der Waals surface area contributed by atoms with E-state index in [9.17, 15) is 0 Å². The molecule has 0 N–H and O–H groups in total. The third kappa shape index (κ3) is 3.61. The molecule has 0 bridgehead atoms. The molecule has 0 aromatic carbocycles. The van der Waals surface area contributed by atoms with Crippen LogP contribution in [-0.2, 0) is 10.8 Å². The van der Waals surface area contributed by atoms with Gasteiger partial charge in [-0.05, 0) is 35.4 Å². The lowest BCUT2D eigenvalue weighted by Crippen LogP contribution is -2.20. The van der Waals surface area contributed by atoms with Gasteiger partial charge in [-0.15, -0.1) is 23.2 Å². The fourth-order valence-corrected chi connectivity index (χ4v) is 2.45. The van der Waals surface area contributed by atoms with Gasteiger partial charge in [0.05, 0.1) is 11.4 Å². The van der Waals surface area contributed by atoms with Crippen LogP contribution < -0.4 is 0 Å². The summed E-state index contributed by atoms with van der Waals surface area (Å²) in [6.45, 7) is 8.50. The van der Waals surface area contributed by atoms with Gasteiger partial charge in [0.25, 0.3) is 0 Å². The first-order valence-electron chi connectivity index (χ1n) is 7.35. The SMILES string of the molecule is CC(C)(CCl)c1ccnc(-c2cc(C(C)(C)CCl)ccn2)c1. The molecule has 2 aromatic heterocycles. The summed E-state index contributed by atoms with van der Waals surface area (Å²) in [6.07, 6.45) is 3.64. The predicted octanol–water partition coefficient (Wildman–Crippen LogP) is 5.18. The Balaban J connectivity index is 2.45. The summed E-state index contributed by atoms with van der Waals surface area (Å²) in [7, 11) is 0. The largest absolute Gasteiger partial charge is 0.255 e. The minimum atomic E-state index is -0.0910. The Morgan fingerprint density at radius 1 is 0.773 bits per heavy atom. The van der Waals surface area contributed by atoms with Crippen molar-refractivity contribution in [2.24, 2.45) is 0 Å². The van der Waals surface area contributed by atoms with Crippen LogP contribution in [0.3, 0.4) is 0 Å². The van der Waals surface area contributed by atoms with Crippen LogP contribution in [-0.4, -0.2) is 21.7 Å². The summed E-state index contributed by atoms with van der Waals surface area (Å²) >= 11 is 12.2. The summed E-state index contributed by atoms with van der Waals surface area (Å²) in [5, 5.41) is 0. The highest BCUT2D eigenvalue weighted by Gasteiger charge is 2.22. The van der Waals surface area contributed by atoms with Gasteiger partial charge < -0.3 is 0 Å². The monoisotopic (exact) mass is 336 g/mol.